The predicted molar refractivity (Wildman–Crippen MR) is 67.9 cm³/mol. The SMILES string of the molecule is C[C@H](OCCC[C@H]1CCCNC1)c1ccco1. The van der Waals surface area contributed by atoms with Gasteiger partial charge in [0.1, 0.15) is 11.9 Å². The van der Waals surface area contributed by atoms with Crippen molar-refractivity contribution in [1.29, 1.82) is 0 Å². The van der Waals surface area contributed by atoms with Crippen molar-refractivity contribution in [1.82, 2.24) is 5.32 Å². The molecule has 17 heavy (non-hydrogen) atoms. The minimum atomic E-state index is 0.0782. The summed E-state index contributed by atoms with van der Waals surface area (Å²) in [5.41, 5.74) is 0. The van der Waals surface area contributed by atoms with E-state index in [9.17, 15) is 0 Å². The van der Waals surface area contributed by atoms with Crippen molar-refractivity contribution < 1.29 is 9.15 Å². The van der Waals surface area contributed by atoms with Gasteiger partial charge >= 0.3 is 0 Å². The van der Waals surface area contributed by atoms with Gasteiger partial charge in [-0.25, -0.2) is 0 Å². The maximum absolute atomic E-state index is 5.76. The number of ether oxygens (including phenoxy) is 1. The number of piperidine rings is 1. The molecule has 1 N–H and O–H groups in total. The molecule has 2 atom stereocenters. The van der Waals surface area contributed by atoms with Crippen molar-refractivity contribution in [3.63, 3.8) is 0 Å². The molecule has 1 aromatic heterocycles. The van der Waals surface area contributed by atoms with E-state index in [0.29, 0.717) is 0 Å². The molecule has 96 valence electrons. The van der Waals surface area contributed by atoms with Gasteiger partial charge in [-0.3, -0.25) is 0 Å². The fraction of sp³-hybridized carbons (Fsp3) is 0.714. The highest BCUT2D eigenvalue weighted by atomic mass is 16.5. The molecule has 0 bridgehead atoms. The van der Waals surface area contributed by atoms with Gasteiger partial charge in [0.05, 0.1) is 6.26 Å². The Balaban J connectivity index is 1.56. The molecule has 1 aliphatic heterocycles. The fourth-order valence-corrected chi connectivity index (χ4v) is 2.41. The normalized spacial score (nSPS) is 22.5. The molecule has 0 radical (unpaired) electrons. The van der Waals surface area contributed by atoms with Crippen molar-refractivity contribution in [2.75, 3.05) is 19.7 Å². The number of furan rings is 1. The Morgan fingerprint density at radius 2 is 2.53 bits per heavy atom. The highest BCUT2D eigenvalue weighted by molar-refractivity contribution is 5.00. The lowest BCUT2D eigenvalue weighted by atomic mass is 9.95. The quantitative estimate of drug-likeness (QED) is 0.772. The highest BCUT2D eigenvalue weighted by Crippen LogP contribution is 2.19. The Labute approximate surface area is 104 Å². The third kappa shape index (κ3) is 4.17. The molecule has 3 heteroatoms. The first-order valence-corrected chi connectivity index (χ1v) is 6.72. The van der Waals surface area contributed by atoms with Crippen LogP contribution in [-0.4, -0.2) is 19.7 Å². The van der Waals surface area contributed by atoms with Crippen LogP contribution in [0.5, 0.6) is 0 Å². The van der Waals surface area contributed by atoms with E-state index in [1.54, 1.807) is 6.26 Å². The molecular weight excluding hydrogens is 214 g/mol. The van der Waals surface area contributed by atoms with Crippen LogP contribution < -0.4 is 5.32 Å². The molecule has 0 aliphatic carbocycles. The summed E-state index contributed by atoms with van der Waals surface area (Å²) in [6.45, 7) is 5.26. The van der Waals surface area contributed by atoms with Crippen molar-refractivity contribution in [3.8, 4) is 0 Å². The molecule has 0 unspecified atom stereocenters. The minimum Gasteiger partial charge on any atom is -0.467 e. The van der Waals surface area contributed by atoms with E-state index in [1.807, 2.05) is 19.1 Å². The van der Waals surface area contributed by atoms with E-state index in [1.165, 1.54) is 32.4 Å². The van der Waals surface area contributed by atoms with Gasteiger partial charge in [-0.1, -0.05) is 0 Å². The Bertz CT molecular complexity index is 291. The van der Waals surface area contributed by atoms with Crippen LogP contribution in [0.15, 0.2) is 22.8 Å². The monoisotopic (exact) mass is 237 g/mol. The maximum atomic E-state index is 5.76. The van der Waals surface area contributed by atoms with E-state index >= 15 is 0 Å². The standard InChI is InChI=1S/C14H23NO2/c1-12(14-7-4-10-17-14)16-9-3-6-13-5-2-8-15-11-13/h4,7,10,12-13,15H,2-3,5-6,8-9,11H2,1H3/t12-,13+/m0/s1. The molecule has 1 aliphatic rings. The summed E-state index contributed by atoms with van der Waals surface area (Å²) >= 11 is 0. The molecule has 0 aromatic carbocycles. The zero-order valence-electron chi connectivity index (χ0n) is 10.7. The molecule has 0 amide bonds. The topological polar surface area (TPSA) is 34.4 Å². The largest absolute Gasteiger partial charge is 0.467 e. The van der Waals surface area contributed by atoms with Crippen LogP contribution >= 0.6 is 0 Å². The van der Waals surface area contributed by atoms with Crippen LogP contribution in [0.1, 0.15) is 44.5 Å². The van der Waals surface area contributed by atoms with Crippen molar-refractivity contribution in [2.24, 2.45) is 5.92 Å². The molecule has 1 fully saturated rings. The van der Waals surface area contributed by atoms with Gasteiger partial charge in [-0.15, -0.1) is 0 Å². The predicted octanol–water partition coefficient (Wildman–Crippen LogP) is 3.14. The zero-order valence-corrected chi connectivity index (χ0v) is 10.7. The first-order valence-electron chi connectivity index (χ1n) is 6.72. The summed E-state index contributed by atoms with van der Waals surface area (Å²) in [6, 6.07) is 3.87. The summed E-state index contributed by atoms with van der Waals surface area (Å²) in [4.78, 5) is 0. The van der Waals surface area contributed by atoms with Crippen molar-refractivity contribution in [3.05, 3.63) is 24.2 Å². The number of nitrogens with one attached hydrogen (secondary N) is 1. The Hall–Kier alpha value is -0.800. The van der Waals surface area contributed by atoms with Crippen molar-refractivity contribution >= 4 is 0 Å². The average molecular weight is 237 g/mol. The van der Waals surface area contributed by atoms with Crippen molar-refractivity contribution in [2.45, 2.75) is 38.7 Å². The second-order valence-corrected chi connectivity index (χ2v) is 4.88. The number of hydrogen-bond donors (Lipinski definition) is 1. The van der Waals surface area contributed by atoms with E-state index in [4.69, 9.17) is 9.15 Å². The molecule has 1 aromatic rings. The summed E-state index contributed by atoms with van der Waals surface area (Å²) in [5.74, 6) is 1.77. The van der Waals surface area contributed by atoms with Crippen LogP contribution in [0.4, 0.5) is 0 Å². The van der Waals surface area contributed by atoms with Gasteiger partial charge < -0.3 is 14.5 Å². The Kier molecular flexibility index (Phi) is 5.08. The maximum Gasteiger partial charge on any atom is 0.132 e. The fourth-order valence-electron chi connectivity index (χ4n) is 2.41. The van der Waals surface area contributed by atoms with Gasteiger partial charge in [0.25, 0.3) is 0 Å². The third-order valence-electron chi connectivity index (χ3n) is 3.47. The first-order chi connectivity index (χ1) is 8.36. The molecule has 0 spiro atoms. The summed E-state index contributed by atoms with van der Waals surface area (Å²) in [7, 11) is 0. The smallest absolute Gasteiger partial charge is 0.132 e. The van der Waals surface area contributed by atoms with Crippen LogP contribution in [0.3, 0.4) is 0 Å². The summed E-state index contributed by atoms with van der Waals surface area (Å²) < 4.78 is 11.1. The van der Waals surface area contributed by atoms with Crippen LogP contribution in [-0.2, 0) is 4.74 Å². The zero-order chi connectivity index (χ0) is 11.9. The minimum absolute atomic E-state index is 0.0782. The van der Waals surface area contributed by atoms with Gasteiger partial charge in [-0.2, -0.15) is 0 Å². The lowest BCUT2D eigenvalue weighted by Gasteiger charge is -2.22. The van der Waals surface area contributed by atoms with Gasteiger partial charge in [0, 0.05) is 6.61 Å². The second kappa shape index (κ2) is 6.82. The van der Waals surface area contributed by atoms with Gasteiger partial charge in [0.15, 0.2) is 0 Å². The second-order valence-electron chi connectivity index (χ2n) is 4.88. The van der Waals surface area contributed by atoms with Gasteiger partial charge in [0.2, 0.25) is 0 Å². The van der Waals surface area contributed by atoms with E-state index < -0.39 is 0 Å². The third-order valence-corrected chi connectivity index (χ3v) is 3.47. The number of hydrogen-bond acceptors (Lipinski definition) is 3. The lowest BCUT2D eigenvalue weighted by Crippen LogP contribution is -2.29. The molecular formula is C14H23NO2. The molecule has 2 rings (SSSR count). The summed E-state index contributed by atoms with van der Waals surface area (Å²) in [5, 5.41) is 3.45. The van der Waals surface area contributed by atoms with E-state index in [-0.39, 0.29) is 6.10 Å². The van der Waals surface area contributed by atoms with Gasteiger partial charge in [-0.05, 0) is 63.7 Å². The molecule has 1 saturated heterocycles. The van der Waals surface area contributed by atoms with E-state index in [0.717, 1.165) is 24.7 Å². The highest BCUT2D eigenvalue weighted by Gasteiger charge is 2.13. The van der Waals surface area contributed by atoms with E-state index in [2.05, 4.69) is 5.32 Å². The Morgan fingerprint density at radius 1 is 1.59 bits per heavy atom. The first kappa shape index (κ1) is 12.7. The average Bonchev–Trinajstić information content (AvgIpc) is 2.89. The molecule has 2 heterocycles. The molecule has 0 saturated carbocycles. The van der Waals surface area contributed by atoms with Crippen LogP contribution in [0, 0.1) is 5.92 Å². The lowest BCUT2D eigenvalue weighted by molar-refractivity contribution is 0.0459. The van der Waals surface area contributed by atoms with Crippen LogP contribution in [0.25, 0.3) is 0 Å². The van der Waals surface area contributed by atoms with Crippen LogP contribution in [0.2, 0.25) is 0 Å². The number of rotatable bonds is 6. The summed E-state index contributed by atoms with van der Waals surface area (Å²) in [6.07, 6.45) is 6.90. The Morgan fingerprint density at radius 3 is 3.24 bits per heavy atom. The molecule has 3 nitrogen and oxygen atoms in total.